The molecule has 0 bridgehead atoms. The van der Waals surface area contributed by atoms with Crippen LogP contribution in [0.2, 0.25) is 5.02 Å². The van der Waals surface area contributed by atoms with Gasteiger partial charge in [0.1, 0.15) is 11.9 Å². The molecule has 2 atom stereocenters. The quantitative estimate of drug-likeness (QED) is 0.318. The van der Waals surface area contributed by atoms with Crippen molar-refractivity contribution in [1.82, 2.24) is 19.9 Å². The molecule has 0 saturated carbocycles. The van der Waals surface area contributed by atoms with Crippen LogP contribution in [0.3, 0.4) is 0 Å². The van der Waals surface area contributed by atoms with E-state index in [-0.39, 0.29) is 18.0 Å². The number of nitrogens with zero attached hydrogens (tertiary/aromatic N) is 4. The number of nitrogens with one attached hydrogen (secondary N) is 2. The van der Waals surface area contributed by atoms with E-state index in [1.165, 1.54) is 0 Å². The summed E-state index contributed by atoms with van der Waals surface area (Å²) in [7, 11) is 0. The summed E-state index contributed by atoms with van der Waals surface area (Å²) in [6.45, 7) is 3.81. The average Bonchev–Trinajstić information content (AvgIpc) is 3.50. The van der Waals surface area contributed by atoms with Gasteiger partial charge >= 0.3 is 0 Å². The van der Waals surface area contributed by atoms with Gasteiger partial charge < -0.3 is 20.1 Å². The van der Waals surface area contributed by atoms with Gasteiger partial charge in [-0.1, -0.05) is 24.6 Å². The molecule has 0 aliphatic carbocycles. The topological polar surface area (TPSA) is 75.1 Å². The van der Waals surface area contributed by atoms with Crippen LogP contribution in [0.1, 0.15) is 42.4 Å². The van der Waals surface area contributed by atoms with Crippen molar-refractivity contribution in [1.29, 1.82) is 0 Å². The Morgan fingerprint density at radius 2 is 2.00 bits per heavy atom. The molecule has 2 N–H and O–H groups in total. The Kier molecular flexibility index (Phi) is 6.71. The summed E-state index contributed by atoms with van der Waals surface area (Å²) in [6, 6.07) is 19.2. The van der Waals surface area contributed by atoms with Crippen LogP contribution < -0.4 is 15.5 Å². The second-order valence-electron chi connectivity index (χ2n) is 8.54. The standard InChI is InChI=1S/C27H25ClN6OS/c1-3-24(35)31-20-11-10-19(15-17(20)2)34-26(25(32-27(34)36)21-7-4-5-13-29-21)22-8-6-14-33(22)23-12-9-18(28)16-30-23/h4-16,25-26H,3H2,1-2H3,(H,31,35)(H,32,36)/t25-,26-/m1/s1. The number of thiocarbonyl (C=S) groups is 1. The predicted molar refractivity (Wildman–Crippen MR) is 147 cm³/mol. The minimum Gasteiger partial charge on any atom is -0.351 e. The van der Waals surface area contributed by atoms with Crippen molar-refractivity contribution >= 4 is 46.2 Å². The molecule has 1 aliphatic rings. The van der Waals surface area contributed by atoms with Crippen molar-refractivity contribution in [3.8, 4) is 5.82 Å². The lowest BCUT2D eigenvalue weighted by molar-refractivity contribution is -0.115. The van der Waals surface area contributed by atoms with Crippen molar-refractivity contribution in [3.05, 3.63) is 101 Å². The second kappa shape index (κ2) is 10.1. The lowest BCUT2D eigenvalue weighted by atomic mass is 10.0. The van der Waals surface area contributed by atoms with E-state index in [9.17, 15) is 4.79 Å². The molecule has 9 heteroatoms. The lowest BCUT2D eigenvalue weighted by Crippen LogP contribution is -2.30. The number of amides is 1. The van der Waals surface area contributed by atoms with Gasteiger partial charge in [0, 0.05) is 42.1 Å². The molecule has 36 heavy (non-hydrogen) atoms. The van der Waals surface area contributed by atoms with Gasteiger partial charge in [-0.2, -0.15) is 0 Å². The number of aromatic nitrogens is 3. The van der Waals surface area contributed by atoms with E-state index >= 15 is 0 Å². The van der Waals surface area contributed by atoms with Gasteiger partial charge in [0.05, 0.1) is 16.8 Å². The molecule has 4 aromatic rings. The van der Waals surface area contributed by atoms with Crippen LogP contribution in [0.4, 0.5) is 11.4 Å². The Labute approximate surface area is 220 Å². The molecule has 4 heterocycles. The number of hydrogen-bond acceptors (Lipinski definition) is 4. The van der Waals surface area contributed by atoms with Crippen molar-refractivity contribution in [2.45, 2.75) is 32.4 Å². The van der Waals surface area contributed by atoms with Crippen LogP contribution in [-0.4, -0.2) is 25.6 Å². The number of aryl methyl sites for hydroxylation is 1. The summed E-state index contributed by atoms with van der Waals surface area (Å²) < 4.78 is 2.04. The average molecular weight is 517 g/mol. The van der Waals surface area contributed by atoms with E-state index in [0.717, 1.165) is 34.1 Å². The third-order valence-electron chi connectivity index (χ3n) is 6.22. The van der Waals surface area contributed by atoms with Crippen molar-refractivity contribution in [2.75, 3.05) is 10.2 Å². The normalized spacial score (nSPS) is 17.2. The highest BCUT2D eigenvalue weighted by Gasteiger charge is 2.42. The molecule has 1 aromatic carbocycles. The zero-order valence-corrected chi connectivity index (χ0v) is 21.4. The highest BCUT2D eigenvalue weighted by atomic mass is 35.5. The molecule has 7 nitrogen and oxygen atoms in total. The summed E-state index contributed by atoms with van der Waals surface area (Å²) in [5.74, 6) is 0.733. The van der Waals surface area contributed by atoms with Gasteiger partial charge in [0.15, 0.2) is 5.11 Å². The first kappa shape index (κ1) is 24.0. The van der Waals surface area contributed by atoms with Gasteiger partial charge in [-0.25, -0.2) is 4.98 Å². The minimum atomic E-state index is -0.213. The molecule has 5 rings (SSSR count). The largest absolute Gasteiger partial charge is 0.351 e. The number of halogens is 1. The summed E-state index contributed by atoms with van der Waals surface area (Å²) in [4.78, 5) is 23.2. The van der Waals surface area contributed by atoms with Gasteiger partial charge in [-0.05, 0) is 79.3 Å². The molecule has 182 valence electrons. The maximum atomic E-state index is 12.0. The van der Waals surface area contributed by atoms with Crippen LogP contribution in [0, 0.1) is 6.92 Å². The van der Waals surface area contributed by atoms with Crippen LogP contribution in [0.25, 0.3) is 5.82 Å². The highest BCUT2D eigenvalue weighted by Crippen LogP contribution is 2.42. The van der Waals surface area contributed by atoms with Gasteiger partial charge in [-0.3, -0.25) is 9.78 Å². The number of rotatable bonds is 6. The number of pyridine rings is 2. The maximum Gasteiger partial charge on any atom is 0.224 e. The van der Waals surface area contributed by atoms with Gasteiger partial charge in [0.2, 0.25) is 5.91 Å². The van der Waals surface area contributed by atoms with E-state index in [1.807, 2.05) is 79.2 Å². The number of hydrogen-bond donors (Lipinski definition) is 2. The van der Waals surface area contributed by atoms with E-state index in [0.29, 0.717) is 16.6 Å². The van der Waals surface area contributed by atoms with Crippen LogP contribution >= 0.6 is 23.8 Å². The molecule has 0 unspecified atom stereocenters. The minimum absolute atomic E-state index is 0.0226. The second-order valence-corrected chi connectivity index (χ2v) is 9.36. The first-order valence-electron chi connectivity index (χ1n) is 11.7. The van der Waals surface area contributed by atoms with Gasteiger partial charge in [-0.15, -0.1) is 0 Å². The third-order valence-corrected chi connectivity index (χ3v) is 6.76. The van der Waals surface area contributed by atoms with Crippen LogP contribution in [0.15, 0.2) is 79.3 Å². The molecule has 1 fully saturated rings. The fourth-order valence-corrected chi connectivity index (χ4v) is 4.92. The van der Waals surface area contributed by atoms with Crippen molar-refractivity contribution in [2.24, 2.45) is 0 Å². The maximum absolute atomic E-state index is 12.0. The smallest absolute Gasteiger partial charge is 0.224 e. The zero-order valence-electron chi connectivity index (χ0n) is 19.9. The van der Waals surface area contributed by atoms with Crippen LogP contribution in [0.5, 0.6) is 0 Å². The SMILES string of the molecule is CCC(=O)Nc1ccc(N2C(=S)N[C@H](c3ccccn3)[C@H]2c2cccn2-c2ccc(Cl)cn2)cc1C. The summed E-state index contributed by atoms with van der Waals surface area (Å²) >= 11 is 12.0. The molecule has 0 radical (unpaired) electrons. The molecular formula is C27H25ClN6OS. The van der Waals surface area contributed by atoms with Crippen molar-refractivity contribution in [3.63, 3.8) is 0 Å². The fourth-order valence-electron chi connectivity index (χ4n) is 4.46. The number of carbonyl (C=O) groups is 1. The number of carbonyl (C=O) groups excluding carboxylic acids is 1. The number of anilines is 2. The first-order valence-corrected chi connectivity index (χ1v) is 12.4. The van der Waals surface area contributed by atoms with E-state index < -0.39 is 0 Å². The molecular weight excluding hydrogens is 492 g/mol. The zero-order chi connectivity index (χ0) is 25.2. The fraction of sp³-hybridized carbons (Fsp3) is 0.185. The van der Waals surface area contributed by atoms with Crippen LogP contribution in [-0.2, 0) is 4.79 Å². The van der Waals surface area contributed by atoms with E-state index in [2.05, 4.69) is 31.6 Å². The Hall–Kier alpha value is -3.75. The Morgan fingerprint density at radius 1 is 1.14 bits per heavy atom. The monoisotopic (exact) mass is 516 g/mol. The third kappa shape index (κ3) is 4.57. The summed E-state index contributed by atoms with van der Waals surface area (Å²) in [6.07, 6.45) is 5.83. The van der Waals surface area contributed by atoms with E-state index in [1.54, 1.807) is 12.4 Å². The van der Waals surface area contributed by atoms with E-state index in [4.69, 9.17) is 23.8 Å². The summed E-state index contributed by atoms with van der Waals surface area (Å²) in [5, 5.41) is 7.62. The Balaban J connectivity index is 1.61. The van der Waals surface area contributed by atoms with Crippen molar-refractivity contribution < 1.29 is 4.79 Å². The highest BCUT2D eigenvalue weighted by molar-refractivity contribution is 7.80. The lowest BCUT2D eigenvalue weighted by Gasteiger charge is -2.29. The Bertz CT molecular complexity index is 1410. The molecule has 1 aliphatic heterocycles. The molecule has 3 aromatic heterocycles. The first-order chi connectivity index (χ1) is 17.5. The number of benzene rings is 1. The molecule has 0 spiro atoms. The van der Waals surface area contributed by atoms with Gasteiger partial charge in [0.25, 0.3) is 0 Å². The predicted octanol–water partition coefficient (Wildman–Crippen LogP) is 5.75. The molecule has 1 saturated heterocycles. The summed E-state index contributed by atoms with van der Waals surface area (Å²) in [5.41, 5.74) is 4.53. The molecule has 1 amide bonds. The Morgan fingerprint density at radius 3 is 2.69 bits per heavy atom.